The van der Waals surface area contributed by atoms with E-state index in [2.05, 4.69) is 5.32 Å². The number of hydrogen-bond donors (Lipinski definition) is 1. The molecule has 168 valence electrons. The van der Waals surface area contributed by atoms with E-state index in [9.17, 15) is 18.8 Å². The quantitative estimate of drug-likeness (QED) is 0.651. The van der Waals surface area contributed by atoms with Crippen molar-refractivity contribution < 1.29 is 23.5 Å². The molecule has 0 aromatic heterocycles. The highest BCUT2D eigenvalue weighted by Crippen LogP contribution is 2.34. The molecule has 2 aromatic carbocycles. The number of anilines is 2. The van der Waals surface area contributed by atoms with Crippen LogP contribution in [0.3, 0.4) is 0 Å². The molecule has 0 bridgehead atoms. The number of urea groups is 1. The lowest BCUT2D eigenvalue weighted by Gasteiger charge is -2.27. The summed E-state index contributed by atoms with van der Waals surface area (Å²) in [7, 11) is 0. The highest BCUT2D eigenvalue weighted by molar-refractivity contribution is 6.22. The highest BCUT2D eigenvalue weighted by Gasteiger charge is 2.49. The number of carbonyl (C=O) groups is 3. The van der Waals surface area contributed by atoms with Crippen LogP contribution in [0.2, 0.25) is 0 Å². The van der Waals surface area contributed by atoms with Crippen molar-refractivity contribution in [3.8, 4) is 5.75 Å². The second-order valence-electron chi connectivity index (χ2n) is 8.00. The van der Waals surface area contributed by atoms with E-state index in [1.165, 1.54) is 24.3 Å². The smallest absolute Gasteiger partial charge is 0.332 e. The predicted octanol–water partition coefficient (Wildman–Crippen LogP) is 4.33. The molecule has 2 aromatic rings. The van der Waals surface area contributed by atoms with Crippen LogP contribution in [0.25, 0.3) is 0 Å². The number of carbonyl (C=O) groups excluding carboxylic acids is 3. The molecule has 1 saturated heterocycles. The Bertz CT molecular complexity index is 987. The summed E-state index contributed by atoms with van der Waals surface area (Å²) in [5, 5.41) is 2.79. The molecule has 1 atom stereocenters. The van der Waals surface area contributed by atoms with Gasteiger partial charge in [0.1, 0.15) is 17.6 Å². The number of amides is 4. The Morgan fingerprint density at radius 1 is 1.06 bits per heavy atom. The molecule has 0 spiro atoms. The fourth-order valence-electron chi connectivity index (χ4n) is 4.41. The van der Waals surface area contributed by atoms with Crippen LogP contribution < -0.4 is 15.0 Å². The zero-order chi connectivity index (χ0) is 22.7. The summed E-state index contributed by atoms with van der Waals surface area (Å²) < 4.78 is 18.8. The van der Waals surface area contributed by atoms with Crippen molar-refractivity contribution in [3.05, 3.63) is 54.3 Å². The van der Waals surface area contributed by atoms with Crippen LogP contribution in [0.1, 0.15) is 39.0 Å². The normalized spacial score (nSPS) is 19.0. The number of imide groups is 1. The molecule has 1 unspecified atom stereocenters. The van der Waals surface area contributed by atoms with Gasteiger partial charge in [0.05, 0.1) is 18.7 Å². The molecule has 2 aliphatic rings. The van der Waals surface area contributed by atoms with E-state index in [0.717, 1.165) is 30.6 Å². The highest BCUT2D eigenvalue weighted by atomic mass is 19.1. The van der Waals surface area contributed by atoms with Crippen LogP contribution >= 0.6 is 0 Å². The van der Waals surface area contributed by atoms with E-state index in [0.29, 0.717) is 23.7 Å². The van der Waals surface area contributed by atoms with Crippen LogP contribution in [-0.2, 0) is 9.59 Å². The third kappa shape index (κ3) is 4.44. The topological polar surface area (TPSA) is 79.0 Å². The minimum absolute atomic E-state index is 0.0832. The lowest BCUT2D eigenvalue weighted by molar-refractivity contribution is -0.124. The van der Waals surface area contributed by atoms with Crippen LogP contribution in [0.15, 0.2) is 48.5 Å². The average molecular weight is 439 g/mol. The fourth-order valence-corrected chi connectivity index (χ4v) is 4.41. The lowest BCUT2D eigenvalue weighted by atomic mass is 10.1. The molecule has 2 fully saturated rings. The van der Waals surface area contributed by atoms with Gasteiger partial charge in [-0.15, -0.1) is 0 Å². The van der Waals surface area contributed by atoms with Crippen molar-refractivity contribution in [1.29, 1.82) is 0 Å². The molecule has 4 rings (SSSR count). The van der Waals surface area contributed by atoms with Gasteiger partial charge >= 0.3 is 6.03 Å². The van der Waals surface area contributed by atoms with Crippen LogP contribution in [0, 0.1) is 5.82 Å². The number of nitrogens with one attached hydrogen (secondary N) is 1. The number of benzene rings is 2. The molecule has 1 saturated carbocycles. The Kier molecular flexibility index (Phi) is 6.39. The average Bonchev–Trinajstić information content (AvgIpc) is 3.38. The summed E-state index contributed by atoms with van der Waals surface area (Å²) in [4.78, 5) is 41.9. The SMILES string of the molecule is CCOc1ccc(NC(=O)CC2C(=O)N(c3ccc(F)cc3)C(=O)N2C2CCCC2)cc1. The number of rotatable bonds is 7. The zero-order valence-corrected chi connectivity index (χ0v) is 17.9. The van der Waals surface area contributed by atoms with E-state index in [1.54, 1.807) is 29.2 Å². The van der Waals surface area contributed by atoms with Gasteiger partial charge in [0.15, 0.2) is 0 Å². The summed E-state index contributed by atoms with van der Waals surface area (Å²) in [6.07, 6.45) is 3.40. The second-order valence-corrected chi connectivity index (χ2v) is 8.00. The fraction of sp³-hybridized carbons (Fsp3) is 0.375. The summed E-state index contributed by atoms with van der Waals surface area (Å²) in [5.74, 6) is -0.573. The molecule has 4 amide bonds. The number of hydrogen-bond acceptors (Lipinski definition) is 4. The van der Waals surface area contributed by atoms with Crippen molar-refractivity contribution in [2.75, 3.05) is 16.8 Å². The van der Waals surface area contributed by atoms with Gasteiger partial charge in [-0.05, 0) is 68.3 Å². The first-order valence-corrected chi connectivity index (χ1v) is 10.9. The van der Waals surface area contributed by atoms with E-state index < -0.39 is 23.8 Å². The molecule has 1 N–H and O–H groups in total. The number of nitrogens with zero attached hydrogens (tertiary/aromatic N) is 2. The molecule has 1 aliphatic heterocycles. The standard InChI is InChI=1S/C24H26FN3O4/c1-2-32-20-13-9-17(10-14-20)26-22(29)15-21-23(30)28(19-11-7-16(25)8-12-19)24(31)27(21)18-5-3-4-6-18/h7-14,18,21H,2-6,15H2,1H3,(H,26,29). The molecular weight excluding hydrogens is 413 g/mol. The van der Waals surface area contributed by atoms with Crippen molar-refractivity contribution in [2.45, 2.75) is 51.1 Å². The van der Waals surface area contributed by atoms with Crippen LogP contribution in [0.5, 0.6) is 5.75 Å². The van der Waals surface area contributed by atoms with Gasteiger partial charge < -0.3 is 15.0 Å². The summed E-state index contributed by atoms with van der Waals surface area (Å²) in [6, 6.07) is 10.8. The molecular formula is C24H26FN3O4. The van der Waals surface area contributed by atoms with Gasteiger partial charge in [-0.25, -0.2) is 14.1 Å². The zero-order valence-electron chi connectivity index (χ0n) is 17.9. The van der Waals surface area contributed by atoms with E-state index in [-0.39, 0.29) is 18.4 Å². The van der Waals surface area contributed by atoms with Gasteiger partial charge in [0, 0.05) is 11.7 Å². The maximum absolute atomic E-state index is 13.4. The van der Waals surface area contributed by atoms with E-state index in [1.807, 2.05) is 6.92 Å². The maximum atomic E-state index is 13.4. The second kappa shape index (κ2) is 9.38. The number of halogens is 1. The third-order valence-electron chi connectivity index (χ3n) is 5.88. The summed E-state index contributed by atoms with van der Waals surface area (Å²) in [5.41, 5.74) is 0.886. The van der Waals surface area contributed by atoms with Crippen molar-refractivity contribution in [3.63, 3.8) is 0 Å². The number of ether oxygens (including phenoxy) is 1. The lowest BCUT2D eigenvalue weighted by Crippen LogP contribution is -2.43. The molecule has 7 nitrogen and oxygen atoms in total. The van der Waals surface area contributed by atoms with Crippen LogP contribution in [0.4, 0.5) is 20.6 Å². The summed E-state index contributed by atoms with van der Waals surface area (Å²) in [6.45, 7) is 2.44. The summed E-state index contributed by atoms with van der Waals surface area (Å²) >= 11 is 0. The van der Waals surface area contributed by atoms with Gasteiger partial charge in [-0.3, -0.25) is 9.59 Å². The minimum atomic E-state index is -0.890. The monoisotopic (exact) mass is 439 g/mol. The molecule has 0 radical (unpaired) electrons. The van der Waals surface area contributed by atoms with Gasteiger partial charge in [0.2, 0.25) is 5.91 Å². The molecule has 8 heteroatoms. The Hall–Kier alpha value is -3.42. The first kappa shape index (κ1) is 21.8. The third-order valence-corrected chi connectivity index (χ3v) is 5.88. The van der Waals surface area contributed by atoms with E-state index in [4.69, 9.17) is 4.74 Å². The Labute approximate surface area is 186 Å². The first-order chi connectivity index (χ1) is 15.5. The van der Waals surface area contributed by atoms with Gasteiger partial charge in [-0.2, -0.15) is 0 Å². The Morgan fingerprint density at radius 2 is 1.72 bits per heavy atom. The minimum Gasteiger partial charge on any atom is -0.494 e. The van der Waals surface area contributed by atoms with Gasteiger partial charge in [-0.1, -0.05) is 12.8 Å². The van der Waals surface area contributed by atoms with Crippen LogP contribution in [-0.4, -0.2) is 41.4 Å². The van der Waals surface area contributed by atoms with Crippen molar-refractivity contribution in [1.82, 2.24) is 4.90 Å². The van der Waals surface area contributed by atoms with Gasteiger partial charge in [0.25, 0.3) is 5.91 Å². The van der Waals surface area contributed by atoms with Crippen molar-refractivity contribution >= 4 is 29.2 Å². The van der Waals surface area contributed by atoms with Crippen molar-refractivity contribution in [2.24, 2.45) is 0 Å². The largest absolute Gasteiger partial charge is 0.494 e. The maximum Gasteiger partial charge on any atom is 0.332 e. The first-order valence-electron chi connectivity index (χ1n) is 10.9. The molecule has 1 aliphatic carbocycles. The molecule has 1 heterocycles. The van der Waals surface area contributed by atoms with E-state index >= 15 is 0 Å². The Morgan fingerprint density at radius 3 is 2.34 bits per heavy atom. The molecule has 32 heavy (non-hydrogen) atoms. The predicted molar refractivity (Wildman–Crippen MR) is 118 cm³/mol. The Balaban J connectivity index is 1.52.